The number of rotatable bonds is 7. The van der Waals surface area contributed by atoms with Crippen molar-refractivity contribution in [2.75, 3.05) is 49.5 Å². The van der Waals surface area contributed by atoms with Gasteiger partial charge in [-0.2, -0.15) is 0 Å². The fourth-order valence-corrected chi connectivity index (χ4v) is 5.68. The molecule has 0 aliphatic carbocycles. The van der Waals surface area contributed by atoms with Gasteiger partial charge >= 0.3 is 12.1 Å². The van der Waals surface area contributed by atoms with Gasteiger partial charge in [0.05, 0.1) is 30.4 Å². The van der Waals surface area contributed by atoms with E-state index in [0.29, 0.717) is 34.3 Å². The van der Waals surface area contributed by atoms with Crippen molar-refractivity contribution in [2.24, 2.45) is 5.92 Å². The Morgan fingerprint density at radius 1 is 0.936 bits per heavy atom. The molecular formula is C35H37N5O7. The van der Waals surface area contributed by atoms with Crippen LogP contribution in [-0.4, -0.2) is 78.6 Å². The molecule has 4 aromatic rings. The predicted molar refractivity (Wildman–Crippen MR) is 178 cm³/mol. The van der Waals surface area contributed by atoms with Crippen molar-refractivity contribution < 1.29 is 33.7 Å². The van der Waals surface area contributed by atoms with Gasteiger partial charge in [-0.05, 0) is 48.7 Å². The highest BCUT2D eigenvalue weighted by Crippen LogP contribution is 2.35. The number of benzene rings is 4. The number of fused-ring (bicyclic) bond motifs is 3. The second-order valence-electron chi connectivity index (χ2n) is 11.8. The Hall–Kier alpha value is -5.49. The number of nitrogens with zero attached hydrogens (tertiary/aromatic N) is 2. The van der Waals surface area contributed by atoms with E-state index in [9.17, 15) is 19.5 Å². The monoisotopic (exact) mass is 639 g/mol. The molecule has 2 aliphatic heterocycles. The molecule has 2 aliphatic rings. The molecular weight excluding hydrogens is 602 g/mol. The van der Waals surface area contributed by atoms with Gasteiger partial charge in [-0.15, -0.1) is 0 Å². The van der Waals surface area contributed by atoms with Gasteiger partial charge in [-0.3, -0.25) is 4.79 Å². The number of aliphatic hydroxyl groups is 1. The molecule has 6 rings (SSSR count). The van der Waals surface area contributed by atoms with E-state index in [1.807, 2.05) is 49.4 Å². The largest absolute Gasteiger partial charge is 0.487 e. The molecule has 244 valence electrons. The van der Waals surface area contributed by atoms with Crippen molar-refractivity contribution in [3.63, 3.8) is 0 Å². The maximum absolute atomic E-state index is 13.8. The molecule has 5 amide bonds. The average Bonchev–Trinajstić information content (AvgIpc) is 3.54. The van der Waals surface area contributed by atoms with E-state index >= 15 is 0 Å². The number of amides is 5. The lowest BCUT2D eigenvalue weighted by atomic mass is 9.99. The Kier molecular flexibility index (Phi) is 9.03. The van der Waals surface area contributed by atoms with Gasteiger partial charge in [0.2, 0.25) is 6.79 Å². The lowest BCUT2D eigenvalue weighted by Gasteiger charge is -2.38. The fourth-order valence-electron chi connectivity index (χ4n) is 5.68. The van der Waals surface area contributed by atoms with Crippen LogP contribution in [0.15, 0.2) is 78.9 Å². The van der Waals surface area contributed by atoms with Gasteiger partial charge in [0.1, 0.15) is 11.9 Å². The van der Waals surface area contributed by atoms with Crippen molar-refractivity contribution >= 4 is 45.8 Å². The lowest BCUT2D eigenvalue weighted by Crippen LogP contribution is -2.50. The molecule has 2 heterocycles. The van der Waals surface area contributed by atoms with Crippen molar-refractivity contribution in [3.05, 3.63) is 84.4 Å². The highest BCUT2D eigenvalue weighted by molar-refractivity contribution is 6.03. The number of likely N-dealkylation sites (N-methyl/N-ethyl adjacent to an activating group) is 1. The van der Waals surface area contributed by atoms with Crippen LogP contribution in [0.4, 0.5) is 26.7 Å². The minimum Gasteiger partial charge on any atom is -0.487 e. The first-order valence-corrected chi connectivity index (χ1v) is 15.4. The lowest BCUT2D eigenvalue weighted by molar-refractivity contribution is 0.0371. The Balaban J connectivity index is 1.20. The predicted octanol–water partition coefficient (Wildman–Crippen LogP) is 5.60. The van der Waals surface area contributed by atoms with Crippen molar-refractivity contribution in [3.8, 4) is 17.2 Å². The zero-order chi connectivity index (χ0) is 33.1. The number of hydrogen-bond donors (Lipinski definition) is 4. The molecule has 0 saturated carbocycles. The number of carbonyl (C=O) groups is 3. The van der Waals surface area contributed by atoms with E-state index < -0.39 is 18.2 Å². The normalized spacial score (nSPS) is 17.5. The van der Waals surface area contributed by atoms with Crippen molar-refractivity contribution in [1.29, 1.82) is 0 Å². The number of anilines is 3. The summed E-state index contributed by atoms with van der Waals surface area (Å²) in [6.07, 6.45) is -0.494. The minimum absolute atomic E-state index is 0.121. The Morgan fingerprint density at radius 3 is 2.43 bits per heavy atom. The summed E-state index contributed by atoms with van der Waals surface area (Å²) in [4.78, 5) is 43.2. The van der Waals surface area contributed by atoms with E-state index in [-0.39, 0.29) is 49.9 Å². The Labute approximate surface area is 272 Å². The molecule has 12 heteroatoms. The first-order valence-electron chi connectivity index (χ1n) is 15.4. The molecule has 4 aromatic carbocycles. The van der Waals surface area contributed by atoms with Crippen LogP contribution in [-0.2, 0) is 0 Å². The maximum atomic E-state index is 13.8. The summed E-state index contributed by atoms with van der Waals surface area (Å²) in [6, 6.07) is 22.2. The molecule has 3 atom stereocenters. The number of ether oxygens (including phenoxy) is 3. The van der Waals surface area contributed by atoms with Gasteiger partial charge < -0.3 is 45.1 Å². The molecule has 0 radical (unpaired) electrons. The van der Waals surface area contributed by atoms with Crippen LogP contribution >= 0.6 is 0 Å². The highest BCUT2D eigenvalue weighted by Gasteiger charge is 2.34. The third-order valence-corrected chi connectivity index (χ3v) is 8.38. The van der Waals surface area contributed by atoms with Crippen molar-refractivity contribution in [1.82, 2.24) is 9.80 Å². The molecule has 0 unspecified atom stereocenters. The molecule has 47 heavy (non-hydrogen) atoms. The fraction of sp³-hybridized carbons (Fsp3) is 0.286. The third-order valence-electron chi connectivity index (χ3n) is 8.38. The Bertz CT molecular complexity index is 1810. The van der Waals surface area contributed by atoms with E-state index in [2.05, 4.69) is 16.0 Å². The number of aliphatic hydroxyl groups excluding tert-OH is 1. The standard InChI is InChI=1S/C35H37N5O7/c1-21-17-40(22(2)19-41)33(42)27-15-24(36-34(43)37-25-12-14-30-31(16-25)46-20-45-30)11-13-29(27)47-32(21)18-39(3)35(44)38-28-10-6-8-23-7-4-5-9-26(23)28/h4-16,21-22,32,41H,17-20H2,1-3H3,(H,38,44)(H2,36,37,43)/t21-,22-,32-/m1/s1. The summed E-state index contributed by atoms with van der Waals surface area (Å²) in [7, 11) is 1.70. The quantitative estimate of drug-likeness (QED) is 0.206. The minimum atomic E-state index is -0.520. The SMILES string of the molecule is C[C@@H]1CN([C@H](C)CO)C(=O)c2cc(NC(=O)Nc3ccc4c(c3)OCO4)ccc2O[C@@H]1CN(C)C(=O)Nc1cccc2ccccc12. The van der Waals surface area contributed by atoms with Gasteiger partial charge in [0, 0.05) is 42.3 Å². The molecule has 0 spiro atoms. The Morgan fingerprint density at radius 2 is 1.64 bits per heavy atom. The summed E-state index contributed by atoms with van der Waals surface area (Å²) in [5.41, 5.74) is 1.80. The molecule has 0 bridgehead atoms. The van der Waals surface area contributed by atoms with Crippen LogP contribution in [0.2, 0.25) is 0 Å². The highest BCUT2D eigenvalue weighted by atomic mass is 16.7. The second kappa shape index (κ2) is 13.5. The van der Waals surface area contributed by atoms with E-state index in [1.54, 1.807) is 60.2 Å². The van der Waals surface area contributed by atoms with E-state index in [0.717, 1.165) is 10.8 Å². The smallest absolute Gasteiger partial charge is 0.323 e. The van der Waals surface area contributed by atoms with Crippen LogP contribution < -0.4 is 30.2 Å². The van der Waals surface area contributed by atoms with E-state index in [1.165, 1.54) is 0 Å². The summed E-state index contributed by atoms with van der Waals surface area (Å²) < 4.78 is 17.1. The molecule has 4 N–H and O–H groups in total. The molecule has 0 aromatic heterocycles. The summed E-state index contributed by atoms with van der Waals surface area (Å²) in [5, 5.41) is 20.5. The summed E-state index contributed by atoms with van der Waals surface area (Å²) >= 11 is 0. The number of hydrogen-bond acceptors (Lipinski definition) is 7. The van der Waals surface area contributed by atoms with Gasteiger partial charge in [-0.25, -0.2) is 9.59 Å². The summed E-state index contributed by atoms with van der Waals surface area (Å²) in [5.74, 6) is 0.909. The van der Waals surface area contributed by atoms with Crippen LogP contribution in [0.25, 0.3) is 10.8 Å². The zero-order valence-electron chi connectivity index (χ0n) is 26.4. The van der Waals surface area contributed by atoms with Gasteiger partial charge in [-0.1, -0.05) is 43.3 Å². The van der Waals surface area contributed by atoms with E-state index in [4.69, 9.17) is 14.2 Å². The first-order chi connectivity index (χ1) is 22.7. The topological polar surface area (TPSA) is 142 Å². The maximum Gasteiger partial charge on any atom is 0.323 e. The van der Waals surface area contributed by atoms with Crippen LogP contribution in [0.3, 0.4) is 0 Å². The molecule has 0 saturated heterocycles. The van der Waals surface area contributed by atoms with Gasteiger partial charge in [0.15, 0.2) is 11.5 Å². The summed E-state index contributed by atoms with van der Waals surface area (Å²) in [6.45, 7) is 4.12. The average molecular weight is 640 g/mol. The number of urea groups is 2. The second-order valence-corrected chi connectivity index (χ2v) is 11.8. The van der Waals surface area contributed by atoms with Crippen LogP contribution in [0.5, 0.6) is 17.2 Å². The molecule has 0 fully saturated rings. The molecule has 12 nitrogen and oxygen atoms in total. The first kappa shape index (κ1) is 31.5. The number of nitrogens with one attached hydrogen (secondary N) is 3. The van der Waals surface area contributed by atoms with Crippen LogP contribution in [0.1, 0.15) is 24.2 Å². The zero-order valence-corrected chi connectivity index (χ0v) is 26.4. The van der Waals surface area contributed by atoms with Crippen molar-refractivity contribution in [2.45, 2.75) is 26.0 Å². The number of carbonyl (C=O) groups excluding carboxylic acids is 3. The van der Waals surface area contributed by atoms with Crippen LogP contribution in [0, 0.1) is 5.92 Å². The third kappa shape index (κ3) is 6.87. The van der Waals surface area contributed by atoms with Gasteiger partial charge in [0.25, 0.3) is 5.91 Å².